The highest BCUT2D eigenvalue weighted by Gasteiger charge is 2.95. The van der Waals surface area contributed by atoms with E-state index in [-0.39, 0.29) is 19.8 Å². The molecule has 0 fully saturated rings. The van der Waals surface area contributed by atoms with Crippen LogP contribution in [0.1, 0.15) is 58.3 Å². The van der Waals surface area contributed by atoms with Crippen LogP contribution in [0.25, 0.3) is 0 Å². The molecule has 0 bridgehead atoms. The summed E-state index contributed by atoms with van der Waals surface area (Å²) in [7, 11) is 1.27. The zero-order chi connectivity index (χ0) is 36.3. The van der Waals surface area contributed by atoms with Gasteiger partial charge in [-0.2, -0.15) is 74.6 Å². The minimum Gasteiger partial charge on any atom is -0.382 e. The second-order valence-electron chi connectivity index (χ2n) is 10.2. The van der Waals surface area contributed by atoms with E-state index in [4.69, 9.17) is 9.47 Å². The molecule has 46 heavy (non-hydrogen) atoms. The standard InChI is InChI=1S/C25H35F17O4/c1-3-4-5-6-7-8-9-10-11-46-17(14-44-13-12-43-2)15-45-16-18(26,27)19(28,29)20(30,31)21(32,33)22(34,35)23(36,37)24(38,39)25(40,41)42/h17H,3-16H2,1-2H3. The zero-order valence-electron chi connectivity index (χ0n) is 24.5. The van der Waals surface area contributed by atoms with Crippen molar-refractivity contribution in [3.63, 3.8) is 0 Å². The van der Waals surface area contributed by atoms with Gasteiger partial charge in [0.1, 0.15) is 12.7 Å². The maximum absolute atomic E-state index is 14.1. The Morgan fingerprint density at radius 2 is 0.870 bits per heavy atom. The van der Waals surface area contributed by atoms with Gasteiger partial charge < -0.3 is 18.9 Å². The fourth-order valence-corrected chi connectivity index (χ4v) is 3.59. The lowest BCUT2D eigenvalue weighted by Gasteiger charge is -2.42. The van der Waals surface area contributed by atoms with Crippen molar-refractivity contribution in [2.75, 3.05) is 46.8 Å². The summed E-state index contributed by atoms with van der Waals surface area (Å²) >= 11 is 0. The SMILES string of the molecule is CCCCCCCCCCOC(COCCOC)COCC(F)(F)C(F)(F)C(F)(F)C(F)(F)C(F)(F)C(F)(F)C(F)(F)C(F)(F)F. The molecule has 278 valence electrons. The van der Waals surface area contributed by atoms with Crippen LogP contribution < -0.4 is 0 Å². The van der Waals surface area contributed by atoms with E-state index in [1.807, 2.05) is 6.92 Å². The maximum atomic E-state index is 14.1. The van der Waals surface area contributed by atoms with Gasteiger partial charge in [0.05, 0.1) is 26.4 Å². The van der Waals surface area contributed by atoms with Gasteiger partial charge in [0, 0.05) is 13.7 Å². The maximum Gasteiger partial charge on any atom is 0.460 e. The summed E-state index contributed by atoms with van der Waals surface area (Å²) in [6.45, 7) is -2.87. The van der Waals surface area contributed by atoms with Crippen molar-refractivity contribution in [1.82, 2.24) is 0 Å². The average molecular weight is 723 g/mol. The van der Waals surface area contributed by atoms with Crippen LogP contribution in [0.5, 0.6) is 0 Å². The lowest BCUT2D eigenvalue weighted by Crippen LogP contribution is -2.74. The normalized spacial score (nSPS) is 15.5. The third-order valence-corrected chi connectivity index (χ3v) is 6.46. The van der Waals surface area contributed by atoms with Crippen molar-refractivity contribution in [3.8, 4) is 0 Å². The van der Waals surface area contributed by atoms with Crippen LogP contribution in [0.4, 0.5) is 74.6 Å². The van der Waals surface area contributed by atoms with Gasteiger partial charge in [-0.25, -0.2) is 0 Å². The van der Waals surface area contributed by atoms with E-state index in [2.05, 4.69) is 9.47 Å². The molecule has 21 heteroatoms. The van der Waals surface area contributed by atoms with Gasteiger partial charge in [-0.05, 0) is 6.42 Å². The molecule has 0 aromatic rings. The number of hydrogen-bond donors (Lipinski definition) is 0. The van der Waals surface area contributed by atoms with Gasteiger partial charge >= 0.3 is 47.6 Å². The molecule has 0 spiro atoms. The predicted molar refractivity (Wildman–Crippen MR) is 127 cm³/mol. The summed E-state index contributed by atoms with van der Waals surface area (Å²) < 4.78 is 247. The Bertz CT molecular complexity index is 866. The first-order chi connectivity index (χ1) is 20.7. The Morgan fingerprint density at radius 3 is 1.33 bits per heavy atom. The summed E-state index contributed by atoms with van der Waals surface area (Å²) in [6, 6.07) is 0. The Labute approximate surface area is 253 Å². The predicted octanol–water partition coefficient (Wildman–Crippen LogP) is 9.20. The minimum absolute atomic E-state index is 0.00220. The molecule has 0 saturated carbocycles. The van der Waals surface area contributed by atoms with Gasteiger partial charge in [-0.3, -0.25) is 0 Å². The molecule has 4 nitrogen and oxygen atoms in total. The number of unbranched alkanes of at least 4 members (excludes halogenated alkanes) is 7. The summed E-state index contributed by atoms with van der Waals surface area (Å²) in [4.78, 5) is 0. The molecule has 0 aliphatic carbocycles. The second-order valence-corrected chi connectivity index (χ2v) is 10.2. The molecule has 0 amide bonds. The van der Waals surface area contributed by atoms with Crippen molar-refractivity contribution < 1.29 is 93.6 Å². The topological polar surface area (TPSA) is 36.9 Å². The smallest absolute Gasteiger partial charge is 0.382 e. The van der Waals surface area contributed by atoms with Crippen LogP contribution in [-0.4, -0.2) is 100 Å². The monoisotopic (exact) mass is 722 g/mol. The highest BCUT2D eigenvalue weighted by atomic mass is 19.4. The van der Waals surface area contributed by atoms with Gasteiger partial charge in [-0.1, -0.05) is 51.9 Å². The fraction of sp³-hybridized carbons (Fsp3) is 1.00. The molecule has 1 unspecified atom stereocenters. The zero-order valence-corrected chi connectivity index (χ0v) is 24.5. The molecule has 0 radical (unpaired) electrons. The quantitative estimate of drug-likeness (QED) is 0.0696. The van der Waals surface area contributed by atoms with Crippen LogP contribution in [0.3, 0.4) is 0 Å². The number of rotatable bonds is 25. The average Bonchev–Trinajstić information content (AvgIpc) is 2.92. The van der Waals surface area contributed by atoms with E-state index >= 15 is 0 Å². The Morgan fingerprint density at radius 1 is 0.457 bits per heavy atom. The van der Waals surface area contributed by atoms with E-state index in [9.17, 15) is 74.6 Å². The summed E-state index contributed by atoms with van der Waals surface area (Å²) in [5.41, 5.74) is 0. The summed E-state index contributed by atoms with van der Waals surface area (Å²) in [6.07, 6.45) is -2.38. The molecule has 0 aromatic carbocycles. The summed E-state index contributed by atoms with van der Waals surface area (Å²) in [5, 5.41) is 0. The highest BCUT2D eigenvalue weighted by molar-refractivity contribution is 5.15. The molecule has 1 atom stereocenters. The number of ether oxygens (including phenoxy) is 4. The van der Waals surface area contributed by atoms with E-state index in [0.29, 0.717) is 12.8 Å². The van der Waals surface area contributed by atoms with E-state index in [1.165, 1.54) is 7.11 Å². The molecule has 0 aliphatic heterocycles. The molecular formula is C25H35F17O4. The third-order valence-electron chi connectivity index (χ3n) is 6.46. The van der Waals surface area contributed by atoms with Crippen molar-refractivity contribution in [2.24, 2.45) is 0 Å². The van der Waals surface area contributed by atoms with Crippen LogP contribution in [0.15, 0.2) is 0 Å². The fourth-order valence-electron chi connectivity index (χ4n) is 3.59. The van der Waals surface area contributed by atoms with E-state index in [1.54, 1.807) is 0 Å². The number of hydrogen-bond acceptors (Lipinski definition) is 4. The summed E-state index contributed by atoms with van der Waals surface area (Å²) in [5.74, 6) is -56.8. The molecule has 0 N–H and O–H groups in total. The van der Waals surface area contributed by atoms with E-state index in [0.717, 1.165) is 38.5 Å². The van der Waals surface area contributed by atoms with Crippen molar-refractivity contribution in [2.45, 2.75) is 112 Å². The van der Waals surface area contributed by atoms with Gasteiger partial charge in [0.15, 0.2) is 0 Å². The highest BCUT2D eigenvalue weighted by Crippen LogP contribution is 2.63. The van der Waals surface area contributed by atoms with Gasteiger partial charge in [0.25, 0.3) is 0 Å². The van der Waals surface area contributed by atoms with E-state index < -0.39 is 73.6 Å². The van der Waals surface area contributed by atoms with Crippen LogP contribution in [0.2, 0.25) is 0 Å². The first-order valence-corrected chi connectivity index (χ1v) is 13.7. The van der Waals surface area contributed by atoms with Crippen molar-refractivity contribution in [3.05, 3.63) is 0 Å². The second kappa shape index (κ2) is 17.3. The molecular weight excluding hydrogens is 687 g/mol. The van der Waals surface area contributed by atoms with Crippen LogP contribution in [-0.2, 0) is 18.9 Å². The third kappa shape index (κ3) is 10.1. The molecule has 0 rings (SSSR count). The Balaban J connectivity index is 5.67. The molecule has 0 saturated heterocycles. The molecule has 0 heterocycles. The van der Waals surface area contributed by atoms with Crippen molar-refractivity contribution in [1.29, 1.82) is 0 Å². The van der Waals surface area contributed by atoms with Crippen LogP contribution >= 0.6 is 0 Å². The number of alkyl halides is 17. The lowest BCUT2D eigenvalue weighted by atomic mass is 9.89. The minimum atomic E-state index is -8.67. The largest absolute Gasteiger partial charge is 0.460 e. The lowest BCUT2D eigenvalue weighted by molar-refractivity contribution is -0.462. The first kappa shape index (κ1) is 44.6. The molecule has 0 aliphatic rings. The Hall–Kier alpha value is -1.35. The Kier molecular flexibility index (Phi) is 16.8. The van der Waals surface area contributed by atoms with Crippen LogP contribution in [0, 0.1) is 0 Å². The van der Waals surface area contributed by atoms with Crippen molar-refractivity contribution >= 4 is 0 Å². The number of halogens is 17. The number of methoxy groups -OCH3 is 1. The first-order valence-electron chi connectivity index (χ1n) is 13.7. The van der Waals surface area contributed by atoms with Gasteiger partial charge in [0.2, 0.25) is 0 Å². The molecule has 0 aromatic heterocycles. The van der Waals surface area contributed by atoms with Gasteiger partial charge in [-0.15, -0.1) is 0 Å².